The molecular formula is C71H36F12N6. The second-order valence-electron chi connectivity index (χ2n) is 21.9. The summed E-state index contributed by atoms with van der Waals surface area (Å²) in [5.74, 6) is 0. The van der Waals surface area contributed by atoms with Crippen LogP contribution in [-0.4, -0.2) is 22.8 Å². The van der Waals surface area contributed by atoms with Crippen molar-refractivity contribution in [2.75, 3.05) is 0 Å². The lowest BCUT2D eigenvalue weighted by atomic mass is 10.0. The lowest BCUT2D eigenvalue weighted by Crippen LogP contribution is -2.19. The van der Waals surface area contributed by atoms with Crippen LogP contribution in [0.25, 0.3) is 137 Å². The topological polar surface area (TPSA) is 48.4 Å². The zero-order valence-corrected chi connectivity index (χ0v) is 45.5. The molecule has 0 aliphatic carbocycles. The summed E-state index contributed by atoms with van der Waals surface area (Å²) in [6.45, 7) is 0. The molecule has 16 rings (SSSR count). The summed E-state index contributed by atoms with van der Waals surface area (Å²) >= 11 is 0. The van der Waals surface area contributed by atoms with Gasteiger partial charge in [0.15, 0.2) is 0 Å². The molecule has 434 valence electrons. The summed E-state index contributed by atoms with van der Waals surface area (Å²) < 4.78 is 191. The van der Waals surface area contributed by atoms with Gasteiger partial charge in [-0.25, -0.2) is 0 Å². The fourth-order valence-electron chi connectivity index (χ4n) is 13.6. The molecule has 6 nitrogen and oxygen atoms in total. The van der Waals surface area contributed by atoms with Crippen molar-refractivity contribution in [3.8, 4) is 34.5 Å². The normalized spacial score (nSPS) is 12.9. The summed E-state index contributed by atoms with van der Waals surface area (Å²) in [4.78, 5) is 0. The Bertz CT molecular complexity index is 5180. The number of benzene rings is 11. The first-order valence-corrected chi connectivity index (χ1v) is 27.8. The minimum Gasteiger partial charge on any atom is -0.306 e. The molecular weight excluding hydrogens is 1160 g/mol. The first kappa shape index (κ1) is 53.5. The Balaban J connectivity index is 1.29. The molecule has 0 aliphatic heterocycles. The van der Waals surface area contributed by atoms with Crippen molar-refractivity contribution >= 4 is 109 Å². The summed E-state index contributed by atoms with van der Waals surface area (Å²) in [5.41, 5.74) is -2.23. The maximum Gasteiger partial charge on any atom is 0.416 e. The molecule has 89 heavy (non-hydrogen) atoms. The van der Waals surface area contributed by atoms with Crippen LogP contribution in [0.1, 0.15) is 27.8 Å². The van der Waals surface area contributed by atoms with E-state index < -0.39 is 47.0 Å². The Hall–Kier alpha value is -10.9. The molecule has 0 bridgehead atoms. The van der Waals surface area contributed by atoms with Crippen molar-refractivity contribution in [1.29, 1.82) is 5.26 Å². The smallest absolute Gasteiger partial charge is 0.306 e. The average molecular weight is 1200 g/mol. The Morgan fingerprint density at radius 1 is 0.225 bits per heavy atom. The number of hydrogen-bond donors (Lipinski definition) is 0. The standard InChI is InChI=1S/C71H36F12N6/c72-68(73,74)38-25-29-59-48(33-38)49-34-39(69(75,76)77)26-30-60(49)88(59)65-63(85-53-19-7-1-13-42(53)43-14-2-8-20-54(43)85)52(37-84)64(86-55-21-9-3-15-44(55)45-16-4-10-22-56(45)86)66(67(65)87-57-23-11-5-17-46(57)47-18-6-12-24-58(47)87)89-61-31-27-40(70(78,79)80)35-50(61)51-36-41(71(81,82)83)28-32-62(51)89/h1-36H. The third kappa shape index (κ3) is 7.73. The molecule has 18 heteroatoms. The van der Waals surface area contributed by atoms with Crippen LogP contribution in [0.5, 0.6) is 0 Å². The highest BCUT2D eigenvalue weighted by molar-refractivity contribution is 6.18. The molecule has 0 spiro atoms. The van der Waals surface area contributed by atoms with E-state index in [0.717, 1.165) is 72.8 Å². The molecule has 0 aliphatic rings. The molecule has 0 unspecified atom stereocenters. The number of hydrogen-bond acceptors (Lipinski definition) is 1. The highest BCUT2D eigenvalue weighted by Crippen LogP contribution is 2.53. The molecule has 0 saturated carbocycles. The maximum atomic E-state index is 15.2. The van der Waals surface area contributed by atoms with Crippen LogP contribution in [0, 0.1) is 11.3 Å². The SMILES string of the molecule is N#Cc1c(-n2c3ccccc3c3ccccc32)c(-n2c3ccc(C(F)(F)F)cc3c3cc(C(F)(F)F)ccc32)c(-n2c3ccccc3c3ccccc32)c(-n2c3ccc(C(F)(F)F)cc3c3cc(C(F)(F)F)ccc32)c1-n1c2ccccc2c2ccccc21. The molecule has 5 heterocycles. The van der Waals surface area contributed by atoms with E-state index in [2.05, 4.69) is 6.07 Å². The van der Waals surface area contributed by atoms with Crippen molar-refractivity contribution < 1.29 is 52.7 Å². The van der Waals surface area contributed by atoms with Crippen LogP contribution >= 0.6 is 0 Å². The van der Waals surface area contributed by atoms with Crippen molar-refractivity contribution in [3.63, 3.8) is 0 Å². The van der Waals surface area contributed by atoms with Gasteiger partial charge in [-0.15, -0.1) is 0 Å². The van der Waals surface area contributed by atoms with Crippen molar-refractivity contribution in [2.24, 2.45) is 0 Å². The highest BCUT2D eigenvalue weighted by Gasteiger charge is 2.40. The van der Waals surface area contributed by atoms with E-state index in [9.17, 15) is 5.26 Å². The first-order chi connectivity index (χ1) is 42.7. The third-order valence-electron chi connectivity index (χ3n) is 17.2. The summed E-state index contributed by atoms with van der Waals surface area (Å²) in [7, 11) is 0. The van der Waals surface area contributed by atoms with Crippen molar-refractivity contribution in [1.82, 2.24) is 22.8 Å². The molecule has 0 fully saturated rings. The van der Waals surface area contributed by atoms with Gasteiger partial charge in [-0.3, -0.25) is 0 Å². The molecule has 0 radical (unpaired) electrons. The van der Waals surface area contributed by atoms with E-state index in [-0.39, 0.29) is 77.6 Å². The Labute approximate surface area is 493 Å². The van der Waals surface area contributed by atoms with Crippen molar-refractivity contribution in [3.05, 3.63) is 246 Å². The highest BCUT2D eigenvalue weighted by atomic mass is 19.4. The Kier molecular flexibility index (Phi) is 11.2. The molecule has 11 aromatic carbocycles. The number of nitrogens with zero attached hydrogens (tertiary/aromatic N) is 6. The van der Waals surface area contributed by atoms with Gasteiger partial charge in [-0.1, -0.05) is 109 Å². The zero-order chi connectivity index (χ0) is 61.4. The van der Waals surface area contributed by atoms with E-state index in [1.54, 1.807) is 60.7 Å². The minimum absolute atomic E-state index is 0.0348. The number of halogens is 12. The molecule has 16 aromatic rings. The van der Waals surface area contributed by atoms with Crippen LogP contribution in [0.15, 0.2) is 218 Å². The van der Waals surface area contributed by atoms with E-state index in [0.29, 0.717) is 65.4 Å². The van der Waals surface area contributed by atoms with E-state index in [4.69, 9.17) is 0 Å². The summed E-state index contributed by atoms with van der Waals surface area (Å²) in [6.07, 6.45) is -20.0. The average Bonchev–Trinajstić information content (AvgIpc) is 1.59. The van der Waals surface area contributed by atoms with Crippen molar-refractivity contribution in [2.45, 2.75) is 24.7 Å². The van der Waals surface area contributed by atoms with Crippen LogP contribution in [-0.2, 0) is 24.7 Å². The predicted octanol–water partition coefficient (Wildman–Crippen LogP) is 21.1. The molecule has 0 amide bonds. The lowest BCUT2D eigenvalue weighted by Gasteiger charge is -2.30. The van der Waals surface area contributed by atoms with Gasteiger partial charge in [0.05, 0.1) is 106 Å². The van der Waals surface area contributed by atoms with E-state index in [1.165, 1.54) is 9.13 Å². The van der Waals surface area contributed by atoms with Gasteiger partial charge < -0.3 is 22.8 Å². The maximum absolute atomic E-state index is 15.2. The number of para-hydroxylation sites is 6. The number of alkyl halides is 12. The van der Waals surface area contributed by atoms with Crippen LogP contribution in [0.2, 0.25) is 0 Å². The second kappa shape index (κ2) is 18.5. The van der Waals surface area contributed by atoms with Crippen LogP contribution in [0.4, 0.5) is 52.7 Å². The molecule has 0 N–H and O–H groups in total. The lowest BCUT2D eigenvalue weighted by molar-refractivity contribution is -0.138. The Morgan fingerprint density at radius 3 is 0.607 bits per heavy atom. The van der Waals surface area contributed by atoms with Gasteiger partial charge in [0.25, 0.3) is 0 Å². The second-order valence-corrected chi connectivity index (χ2v) is 21.9. The quantitative estimate of drug-likeness (QED) is 0.158. The van der Waals surface area contributed by atoms with E-state index in [1.807, 2.05) is 98.6 Å². The van der Waals surface area contributed by atoms with Gasteiger partial charge in [0, 0.05) is 53.9 Å². The third-order valence-corrected chi connectivity index (χ3v) is 17.2. The zero-order valence-electron chi connectivity index (χ0n) is 45.5. The van der Waals surface area contributed by atoms with Gasteiger partial charge in [-0.05, 0) is 109 Å². The van der Waals surface area contributed by atoms with Gasteiger partial charge in [0.1, 0.15) is 11.6 Å². The summed E-state index contributed by atoms with van der Waals surface area (Å²) in [6, 6.07) is 57.1. The molecule has 0 saturated heterocycles. The van der Waals surface area contributed by atoms with Gasteiger partial charge in [-0.2, -0.15) is 57.9 Å². The van der Waals surface area contributed by atoms with E-state index >= 15 is 52.7 Å². The monoisotopic (exact) mass is 1200 g/mol. The number of aromatic nitrogens is 5. The largest absolute Gasteiger partial charge is 0.416 e. The molecule has 0 atom stereocenters. The predicted molar refractivity (Wildman–Crippen MR) is 323 cm³/mol. The van der Waals surface area contributed by atoms with Gasteiger partial charge in [0.2, 0.25) is 0 Å². The number of fused-ring (bicyclic) bond motifs is 15. The number of nitriles is 1. The van der Waals surface area contributed by atoms with Crippen LogP contribution < -0.4 is 0 Å². The first-order valence-electron chi connectivity index (χ1n) is 27.8. The molecule has 5 aromatic heterocycles. The summed E-state index contributed by atoms with van der Waals surface area (Å²) in [5, 5.41) is 15.7. The van der Waals surface area contributed by atoms with Gasteiger partial charge >= 0.3 is 24.7 Å². The minimum atomic E-state index is -5.01. The van der Waals surface area contributed by atoms with Crippen LogP contribution in [0.3, 0.4) is 0 Å². The Morgan fingerprint density at radius 2 is 0.404 bits per heavy atom. The fraction of sp³-hybridized carbons (Fsp3) is 0.0563. The number of rotatable bonds is 5. The fourth-order valence-corrected chi connectivity index (χ4v) is 13.6.